The summed E-state index contributed by atoms with van der Waals surface area (Å²) in [6.45, 7) is 0. The van der Waals surface area contributed by atoms with Gasteiger partial charge in [0.25, 0.3) is 0 Å². The van der Waals surface area contributed by atoms with Gasteiger partial charge >= 0.3 is 0 Å². The molecule has 0 unspecified atom stereocenters. The molecule has 1 aromatic heterocycles. The van der Waals surface area contributed by atoms with Crippen molar-refractivity contribution in [3.8, 4) is 0 Å². The zero-order valence-corrected chi connectivity index (χ0v) is 7.40. The number of anilines is 2. The largest absolute Gasteiger partial charge is 0.383 e. The average molecular weight is 182 g/mol. The number of nitrogens with zero attached hydrogens (tertiary/aromatic N) is 2. The lowest BCUT2D eigenvalue weighted by molar-refractivity contribution is 0.989. The Kier molecular flexibility index (Phi) is 1.80. The number of nitrogens with two attached hydrogens (primary N) is 2. The summed E-state index contributed by atoms with van der Waals surface area (Å²) < 4.78 is 0. The Morgan fingerprint density at radius 2 is 2.08 bits per heavy atom. The number of thioether (sulfide) groups is 1. The van der Waals surface area contributed by atoms with E-state index in [1.807, 2.05) is 11.8 Å². The molecule has 2 heterocycles. The van der Waals surface area contributed by atoms with Crippen LogP contribution in [0, 0.1) is 0 Å². The zero-order chi connectivity index (χ0) is 8.55. The van der Waals surface area contributed by atoms with E-state index < -0.39 is 0 Å². The summed E-state index contributed by atoms with van der Waals surface area (Å²) in [4.78, 5) is 8.06. The molecule has 12 heavy (non-hydrogen) atoms. The molecule has 2 rings (SSSR count). The second-order valence-corrected chi connectivity index (χ2v) is 3.80. The van der Waals surface area contributed by atoms with Crippen LogP contribution in [-0.2, 0) is 12.2 Å². The van der Waals surface area contributed by atoms with E-state index in [0.717, 1.165) is 29.2 Å². The highest BCUT2D eigenvalue weighted by molar-refractivity contribution is 7.98. The molecule has 1 aliphatic heterocycles. The van der Waals surface area contributed by atoms with E-state index in [-0.39, 0.29) is 5.95 Å². The average Bonchev–Trinajstić information content (AvgIpc) is 2.04. The maximum Gasteiger partial charge on any atom is 0.222 e. The van der Waals surface area contributed by atoms with Crippen molar-refractivity contribution in [1.82, 2.24) is 9.97 Å². The molecular weight excluding hydrogens is 172 g/mol. The Labute approximate surface area is 74.8 Å². The van der Waals surface area contributed by atoms with Gasteiger partial charge in [-0.25, -0.2) is 4.98 Å². The normalized spacial score (nSPS) is 15.7. The molecule has 0 spiro atoms. The fourth-order valence-electron chi connectivity index (χ4n) is 1.30. The van der Waals surface area contributed by atoms with Crippen molar-refractivity contribution in [3.05, 3.63) is 11.3 Å². The fraction of sp³-hybridized carbons (Fsp3) is 0.429. The maximum atomic E-state index is 5.70. The molecule has 0 bridgehead atoms. The van der Waals surface area contributed by atoms with Crippen molar-refractivity contribution in [2.24, 2.45) is 0 Å². The molecule has 0 saturated carbocycles. The van der Waals surface area contributed by atoms with Crippen LogP contribution in [0.2, 0.25) is 0 Å². The summed E-state index contributed by atoms with van der Waals surface area (Å²) >= 11 is 1.85. The van der Waals surface area contributed by atoms with Crippen LogP contribution in [0.25, 0.3) is 0 Å². The van der Waals surface area contributed by atoms with Gasteiger partial charge in [-0.05, 0) is 12.2 Å². The molecule has 0 aliphatic carbocycles. The van der Waals surface area contributed by atoms with Crippen molar-refractivity contribution in [1.29, 1.82) is 0 Å². The number of rotatable bonds is 0. The number of aromatic nitrogens is 2. The third-order valence-electron chi connectivity index (χ3n) is 1.88. The number of nitrogen functional groups attached to an aromatic ring is 2. The second kappa shape index (κ2) is 2.82. The Morgan fingerprint density at radius 1 is 1.25 bits per heavy atom. The summed E-state index contributed by atoms with van der Waals surface area (Å²) in [5.74, 6) is 2.85. The van der Waals surface area contributed by atoms with E-state index >= 15 is 0 Å². The smallest absolute Gasteiger partial charge is 0.222 e. The van der Waals surface area contributed by atoms with Gasteiger partial charge in [-0.2, -0.15) is 16.7 Å². The Bertz CT molecular complexity index is 313. The van der Waals surface area contributed by atoms with Crippen LogP contribution in [0.1, 0.15) is 11.3 Å². The van der Waals surface area contributed by atoms with Crippen molar-refractivity contribution < 1.29 is 0 Å². The van der Waals surface area contributed by atoms with Gasteiger partial charge in [-0.15, -0.1) is 0 Å². The van der Waals surface area contributed by atoms with Crippen molar-refractivity contribution in [3.63, 3.8) is 0 Å². The highest BCUT2D eigenvalue weighted by Crippen LogP contribution is 2.26. The minimum absolute atomic E-state index is 0.286. The fourth-order valence-corrected chi connectivity index (χ4v) is 2.23. The van der Waals surface area contributed by atoms with E-state index in [1.165, 1.54) is 0 Å². The van der Waals surface area contributed by atoms with Gasteiger partial charge < -0.3 is 11.5 Å². The molecule has 0 radical (unpaired) electrons. The van der Waals surface area contributed by atoms with Crippen molar-refractivity contribution >= 4 is 23.5 Å². The quantitative estimate of drug-likeness (QED) is 0.608. The Morgan fingerprint density at radius 3 is 2.92 bits per heavy atom. The van der Waals surface area contributed by atoms with Crippen LogP contribution in [0.3, 0.4) is 0 Å². The van der Waals surface area contributed by atoms with Crippen LogP contribution in [0.4, 0.5) is 11.8 Å². The minimum Gasteiger partial charge on any atom is -0.383 e. The molecule has 0 amide bonds. The van der Waals surface area contributed by atoms with E-state index in [4.69, 9.17) is 11.5 Å². The van der Waals surface area contributed by atoms with E-state index in [1.54, 1.807) is 0 Å². The minimum atomic E-state index is 0.286. The zero-order valence-electron chi connectivity index (χ0n) is 6.58. The number of fused-ring (bicyclic) bond motifs is 1. The van der Waals surface area contributed by atoms with Crippen LogP contribution in [0.5, 0.6) is 0 Å². The topological polar surface area (TPSA) is 77.8 Å². The highest BCUT2D eigenvalue weighted by Gasteiger charge is 2.14. The molecule has 0 aromatic carbocycles. The first kappa shape index (κ1) is 7.67. The van der Waals surface area contributed by atoms with Gasteiger partial charge in [-0.1, -0.05) is 0 Å². The molecule has 0 fully saturated rings. The molecule has 0 saturated heterocycles. The van der Waals surface area contributed by atoms with Crippen molar-refractivity contribution in [2.75, 3.05) is 17.2 Å². The summed E-state index contributed by atoms with van der Waals surface area (Å²) in [7, 11) is 0. The third kappa shape index (κ3) is 1.20. The summed E-state index contributed by atoms with van der Waals surface area (Å²) in [5, 5.41) is 0. The molecule has 64 valence electrons. The maximum absolute atomic E-state index is 5.70. The standard InChI is InChI=1S/C7H10N4S/c8-6-4-1-2-12-3-5(4)10-7(9)11-6/h1-3H2,(H4,8,9,10,11). The summed E-state index contributed by atoms with van der Waals surface area (Å²) in [6, 6.07) is 0. The number of hydrogen-bond donors (Lipinski definition) is 2. The lowest BCUT2D eigenvalue weighted by Crippen LogP contribution is -2.12. The monoisotopic (exact) mass is 182 g/mol. The first-order chi connectivity index (χ1) is 5.77. The SMILES string of the molecule is Nc1nc(N)c2c(n1)CSCC2. The predicted molar refractivity (Wildman–Crippen MR) is 50.7 cm³/mol. The lowest BCUT2D eigenvalue weighted by atomic mass is 10.1. The van der Waals surface area contributed by atoms with E-state index in [2.05, 4.69) is 9.97 Å². The van der Waals surface area contributed by atoms with Crippen molar-refractivity contribution in [2.45, 2.75) is 12.2 Å². The van der Waals surface area contributed by atoms with Gasteiger partial charge in [0.1, 0.15) is 5.82 Å². The van der Waals surface area contributed by atoms with Gasteiger partial charge in [0.15, 0.2) is 0 Å². The van der Waals surface area contributed by atoms with Crippen LogP contribution in [0.15, 0.2) is 0 Å². The molecule has 1 aliphatic rings. The molecule has 0 atom stereocenters. The third-order valence-corrected chi connectivity index (χ3v) is 2.85. The number of hydrogen-bond acceptors (Lipinski definition) is 5. The highest BCUT2D eigenvalue weighted by atomic mass is 32.2. The first-order valence-corrected chi connectivity index (χ1v) is 4.91. The van der Waals surface area contributed by atoms with Crippen LogP contribution in [-0.4, -0.2) is 15.7 Å². The molecule has 4 N–H and O–H groups in total. The van der Waals surface area contributed by atoms with Gasteiger partial charge in [-0.3, -0.25) is 0 Å². The molecular formula is C7H10N4S. The van der Waals surface area contributed by atoms with E-state index in [0.29, 0.717) is 5.82 Å². The van der Waals surface area contributed by atoms with Crippen LogP contribution < -0.4 is 11.5 Å². The lowest BCUT2D eigenvalue weighted by Gasteiger charge is -2.15. The van der Waals surface area contributed by atoms with E-state index in [9.17, 15) is 0 Å². The van der Waals surface area contributed by atoms with Gasteiger partial charge in [0, 0.05) is 11.3 Å². The van der Waals surface area contributed by atoms with Crippen LogP contribution >= 0.6 is 11.8 Å². The van der Waals surface area contributed by atoms with Gasteiger partial charge in [0.05, 0.1) is 5.69 Å². The van der Waals surface area contributed by atoms with Gasteiger partial charge in [0.2, 0.25) is 5.95 Å². The Hall–Kier alpha value is -0.970. The predicted octanol–water partition coefficient (Wildman–Crippen LogP) is 0.430. The Balaban J connectivity index is 2.53. The summed E-state index contributed by atoms with van der Waals surface area (Å²) in [6.07, 6.45) is 0.964. The molecule has 5 heteroatoms. The first-order valence-electron chi connectivity index (χ1n) is 3.76. The summed E-state index contributed by atoms with van der Waals surface area (Å²) in [5.41, 5.74) is 13.3. The molecule has 1 aromatic rings. The molecule has 4 nitrogen and oxygen atoms in total. The second-order valence-electron chi connectivity index (χ2n) is 2.69.